The summed E-state index contributed by atoms with van der Waals surface area (Å²) in [6.07, 6.45) is 0.609. The van der Waals surface area contributed by atoms with Gasteiger partial charge in [-0.25, -0.2) is 9.18 Å². The first-order valence-electron chi connectivity index (χ1n) is 5.66. The van der Waals surface area contributed by atoms with Gasteiger partial charge in [-0.3, -0.25) is 4.79 Å². The molecule has 0 fully saturated rings. The number of anilines is 1. The van der Waals surface area contributed by atoms with Gasteiger partial charge in [-0.15, -0.1) is 0 Å². The highest BCUT2D eigenvalue weighted by molar-refractivity contribution is 6.33. The molecule has 0 aliphatic rings. The summed E-state index contributed by atoms with van der Waals surface area (Å²) in [6.45, 7) is 1.68. The molecule has 0 heterocycles. The van der Waals surface area contributed by atoms with Crippen LogP contribution >= 0.6 is 11.6 Å². The molecule has 0 bridgehead atoms. The second-order valence-electron chi connectivity index (χ2n) is 3.87. The van der Waals surface area contributed by atoms with E-state index in [-0.39, 0.29) is 17.3 Å². The molecule has 0 saturated carbocycles. The summed E-state index contributed by atoms with van der Waals surface area (Å²) in [5, 5.41) is 11.3. The van der Waals surface area contributed by atoms with Crippen LogP contribution in [-0.4, -0.2) is 35.1 Å². The number of carboxylic acids is 1. The normalized spacial score (nSPS) is 10.1. The third kappa shape index (κ3) is 4.75. The summed E-state index contributed by atoms with van der Waals surface area (Å²) in [5.41, 5.74) is 0.109. The van der Waals surface area contributed by atoms with Gasteiger partial charge in [-0.2, -0.15) is 0 Å². The van der Waals surface area contributed by atoms with E-state index in [0.29, 0.717) is 6.42 Å². The van der Waals surface area contributed by atoms with Crippen LogP contribution in [0, 0.1) is 5.82 Å². The predicted octanol–water partition coefficient (Wildman–Crippen LogP) is 2.81. The molecule has 0 aliphatic carbocycles. The van der Waals surface area contributed by atoms with Crippen LogP contribution in [-0.2, 0) is 4.79 Å². The van der Waals surface area contributed by atoms with Crippen LogP contribution in [0.3, 0.4) is 0 Å². The number of carboxylic acid groups (broad SMARTS) is 1. The third-order valence-corrected chi connectivity index (χ3v) is 2.61. The van der Waals surface area contributed by atoms with E-state index in [2.05, 4.69) is 5.32 Å². The lowest BCUT2D eigenvalue weighted by Crippen LogP contribution is -2.39. The second-order valence-corrected chi connectivity index (χ2v) is 4.28. The first kappa shape index (κ1) is 15.2. The number of urea groups is 1. The topological polar surface area (TPSA) is 69.6 Å². The van der Waals surface area contributed by atoms with Gasteiger partial charge in [0.2, 0.25) is 0 Å². The molecule has 5 nitrogen and oxygen atoms in total. The molecule has 0 spiro atoms. The monoisotopic (exact) mass is 288 g/mol. The Balaban J connectivity index is 2.80. The number of hydrogen-bond acceptors (Lipinski definition) is 2. The van der Waals surface area contributed by atoms with E-state index >= 15 is 0 Å². The van der Waals surface area contributed by atoms with E-state index in [4.69, 9.17) is 16.7 Å². The molecule has 2 amide bonds. The zero-order chi connectivity index (χ0) is 14.4. The van der Waals surface area contributed by atoms with E-state index in [9.17, 15) is 14.0 Å². The minimum absolute atomic E-state index is 0.109. The average Bonchev–Trinajstić information content (AvgIpc) is 2.32. The SMILES string of the molecule is CCCN(CC(=O)O)C(=O)Nc1cc(F)ccc1Cl. The predicted molar refractivity (Wildman–Crippen MR) is 69.9 cm³/mol. The lowest BCUT2D eigenvalue weighted by molar-refractivity contribution is -0.137. The summed E-state index contributed by atoms with van der Waals surface area (Å²) in [5.74, 6) is -1.66. The summed E-state index contributed by atoms with van der Waals surface area (Å²) in [7, 11) is 0. The van der Waals surface area contributed by atoms with E-state index in [0.717, 1.165) is 11.0 Å². The number of hydrogen-bond donors (Lipinski definition) is 2. The molecular formula is C12H14ClFN2O3. The molecular weight excluding hydrogens is 275 g/mol. The Hall–Kier alpha value is -1.82. The molecule has 2 N–H and O–H groups in total. The van der Waals surface area contributed by atoms with Gasteiger partial charge in [0.15, 0.2) is 0 Å². The standard InChI is InChI=1S/C12H14ClFN2O3/c1-2-5-16(7-11(17)18)12(19)15-10-6-8(14)3-4-9(10)13/h3-4,6H,2,5,7H2,1H3,(H,15,19)(H,17,18). The number of rotatable bonds is 5. The molecule has 0 aliphatic heterocycles. The van der Waals surface area contributed by atoms with Crippen LogP contribution in [0.25, 0.3) is 0 Å². The number of nitrogens with zero attached hydrogens (tertiary/aromatic N) is 1. The van der Waals surface area contributed by atoms with Crippen LogP contribution in [0.15, 0.2) is 18.2 Å². The first-order chi connectivity index (χ1) is 8.93. The van der Waals surface area contributed by atoms with E-state index in [1.165, 1.54) is 12.1 Å². The molecule has 7 heteroatoms. The lowest BCUT2D eigenvalue weighted by atomic mass is 10.3. The molecule has 0 atom stereocenters. The lowest BCUT2D eigenvalue weighted by Gasteiger charge is -2.20. The molecule has 0 saturated heterocycles. The highest BCUT2D eigenvalue weighted by Gasteiger charge is 2.17. The van der Waals surface area contributed by atoms with Gasteiger partial charge in [0.05, 0.1) is 10.7 Å². The van der Waals surface area contributed by atoms with Crippen molar-refractivity contribution in [3.8, 4) is 0 Å². The first-order valence-corrected chi connectivity index (χ1v) is 6.04. The summed E-state index contributed by atoms with van der Waals surface area (Å²) in [6, 6.07) is 2.93. The fraction of sp³-hybridized carbons (Fsp3) is 0.333. The van der Waals surface area contributed by atoms with Crippen LogP contribution < -0.4 is 5.32 Å². The largest absolute Gasteiger partial charge is 0.480 e. The highest BCUT2D eigenvalue weighted by Crippen LogP contribution is 2.22. The minimum atomic E-state index is -1.12. The van der Waals surface area contributed by atoms with Crippen LogP contribution in [0.1, 0.15) is 13.3 Å². The fourth-order valence-electron chi connectivity index (χ4n) is 1.47. The van der Waals surface area contributed by atoms with Gasteiger partial charge in [0.25, 0.3) is 0 Å². The van der Waals surface area contributed by atoms with Gasteiger partial charge in [-0.05, 0) is 24.6 Å². The summed E-state index contributed by atoms with van der Waals surface area (Å²) < 4.78 is 13.0. The Morgan fingerprint density at radius 2 is 2.16 bits per heavy atom. The van der Waals surface area contributed by atoms with Crippen molar-refractivity contribution in [1.29, 1.82) is 0 Å². The molecule has 0 radical (unpaired) electrons. The molecule has 1 aromatic rings. The van der Waals surface area contributed by atoms with Crippen molar-refractivity contribution in [2.24, 2.45) is 0 Å². The zero-order valence-corrected chi connectivity index (χ0v) is 11.1. The van der Waals surface area contributed by atoms with Crippen LogP contribution in [0.2, 0.25) is 5.02 Å². The Morgan fingerprint density at radius 1 is 1.47 bits per heavy atom. The van der Waals surface area contributed by atoms with Crippen molar-refractivity contribution >= 4 is 29.3 Å². The van der Waals surface area contributed by atoms with E-state index < -0.39 is 24.4 Å². The van der Waals surface area contributed by atoms with Gasteiger partial charge in [0.1, 0.15) is 12.4 Å². The number of benzene rings is 1. The van der Waals surface area contributed by atoms with Crippen molar-refractivity contribution in [3.05, 3.63) is 29.0 Å². The maximum absolute atomic E-state index is 13.0. The fourth-order valence-corrected chi connectivity index (χ4v) is 1.64. The zero-order valence-electron chi connectivity index (χ0n) is 10.3. The number of aliphatic carboxylic acids is 1. The van der Waals surface area contributed by atoms with Crippen molar-refractivity contribution < 1.29 is 19.1 Å². The number of carbonyl (C=O) groups is 2. The van der Waals surface area contributed by atoms with Gasteiger partial charge >= 0.3 is 12.0 Å². The average molecular weight is 289 g/mol. The molecule has 1 aromatic carbocycles. The smallest absolute Gasteiger partial charge is 0.323 e. The minimum Gasteiger partial charge on any atom is -0.480 e. The van der Waals surface area contributed by atoms with Crippen molar-refractivity contribution in [2.75, 3.05) is 18.4 Å². The van der Waals surface area contributed by atoms with Gasteiger partial charge < -0.3 is 15.3 Å². The van der Waals surface area contributed by atoms with E-state index in [1.807, 2.05) is 6.92 Å². The maximum Gasteiger partial charge on any atom is 0.323 e. The Kier molecular flexibility index (Phi) is 5.57. The van der Waals surface area contributed by atoms with Gasteiger partial charge in [0, 0.05) is 6.54 Å². The maximum atomic E-state index is 13.0. The van der Waals surface area contributed by atoms with Crippen molar-refractivity contribution in [3.63, 3.8) is 0 Å². The van der Waals surface area contributed by atoms with Gasteiger partial charge in [-0.1, -0.05) is 18.5 Å². The Morgan fingerprint density at radius 3 is 2.74 bits per heavy atom. The number of halogens is 2. The molecule has 0 aromatic heterocycles. The highest BCUT2D eigenvalue weighted by atomic mass is 35.5. The molecule has 0 unspecified atom stereocenters. The Labute approximate surface area is 115 Å². The second kappa shape index (κ2) is 6.94. The number of nitrogens with one attached hydrogen (secondary N) is 1. The summed E-state index contributed by atoms with van der Waals surface area (Å²) >= 11 is 5.81. The molecule has 104 valence electrons. The summed E-state index contributed by atoms with van der Waals surface area (Å²) in [4.78, 5) is 23.6. The molecule has 19 heavy (non-hydrogen) atoms. The third-order valence-electron chi connectivity index (χ3n) is 2.28. The van der Waals surface area contributed by atoms with Crippen molar-refractivity contribution in [2.45, 2.75) is 13.3 Å². The van der Waals surface area contributed by atoms with Crippen molar-refractivity contribution in [1.82, 2.24) is 4.90 Å². The quantitative estimate of drug-likeness (QED) is 0.875. The number of amides is 2. The van der Waals surface area contributed by atoms with E-state index in [1.54, 1.807) is 0 Å². The molecule has 1 rings (SSSR count). The Bertz CT molecular complexity index is 482. The van der Waals surface area contributed by atoms with Crippen LogP contribution in [0.5, 0.6) is 0 Å². The van der Waals surface area contributed by atoms with Crippen LogP contribution in [0.4, 0.5) is 14.9 Å². The number of carbonyl (C=O) groups excluding carboxylic acids is 1.